The van der Waals surface area contributed by atoms with Gasteiger partial charge >= 0.3 is 0 Å². The molecule has 1 aromatic carbocycles. The minimum Gasteiger partial charge on any atom is -0.508 e. The van der Waals surface area contributed by atoms with Gasteiger partial charge in [0.2, 0.25) is 0 Å². The highest BCUT2D eigenvalue weighted by molar-refractivity contribution is 5.38. The van der Waals surface area contributed by atoms with E-state index in [1.807, 2.05) is 12.1 Å². The van der Waals surface area contributed by atoms with Crippen molar-refractivity contribution in [1.29, 1.82) is 0 Å². The Kier molecular flexibility index (Phi) is 2.95. The number of phenols is 1. The molecule has 5 heteroatoms. The van der Waals surface area contributed by atoms with Crippen LogP contribution in [0.5, 0.6) is 5.75 Å². The molecular formula is C14H15N3O2. The second kappa shape index (κ2) is 4.76. The monoisotopic (exact) mass is 257 g/mol. The molecule has 0 atom stereocenters. The zero-order chi connectivity index (χ0) is 13.2. The fourth-order valence-corrected chi connectivity index (χ4v) is 2.03. The molecule has 0 amide bonds. The number of aromatic hydroxyl groups is 1. The lowest BCUT2D eigenvalue weighted by atomic mass is 10.2. The normalized spacial score (nSPS) is 14.3. The summed E-state index contributed by atoms with van der Waals surface area (Å²) >= 11 is 0. The number of nitrogens with one attached hydrogen (secondary N) is 1. The maximum absolute atomic E-state index is 12.1. The summed E-state index contributed by atoms with van der Waals surface area (Å²) in [5.74, 6) is 0.547. The molecule has 98 valence electrons. The van der Waals surface area contributed by atoms with Crippen LogP contribution in [0.2, 0.25) is 0 Å². The van der Waals surface area contributed by atoms with Gasteiger partial charge in [-0.2, -0.15) is 0 Å². The SMILES string of the molecule is O=c1c(NCc2ccccc2O)nccn1C1CC1. The Morgan fingerprint density at radius 3 is 2.89 bits per heavy atom. The van der Waals surface area contributed by atoms with Crippen LogP contribution in [0, 0.1) is 0 Å². The third-order valence-electron chi connectivity index (χ3n) is 3.25. The fraction of sp³-hybridized carbons (Fsp3) is 0.286. The topological polar surface area (TPSA) is 67.2 Å². The van der Waals surface area contributed by atoms with E-state index >= 15 is 0 Å². The van der Waals surface area contributed by atoms with Gasteiger partial charge in [-0.05, 0) is 18.9 Å². The van der Waals surface area contributed by atoms with Crippen molar-refractivity contribution in [2.75, 3.05) is 5.32 Å². The summed E-state index contributed by atoms with van der Waals surface area (Å²) in [6, 6.07) is 7.38. The maximum atomic E-state index is 12.1. The van der Waals surface area contributed by atoms with Crippen molar-refractivity contribution in [3.05, 3.63) is 52.6 Å². The number of nitrogens with zero attached hydrogens (tertiary/aromatic N) is 2. The van der Waals surface area contributed by atoms with Crippen LogP contribution in [-0.4, -0.2) is 14.7 Å². The van der Waals surface area contributed by atoms with Gasteiger partial charge in [0.1, 0.15) is 5.75 Å². The maximum Gasteiger partial charge on any atom is 0.293 e. The predicted octanol–water partition coefficient (Wildman–Crippen LogP) is 1.90. The van der Waals surface area contributed by atoms with E-state index in [1.165, 1.54) is 0 Å². The van der Waals surface area contributed by atoms with E-state index in [4.69, 9.17) is 0 Å². The van der Waals surface area contributed by atoms with E-state index in [2.05, 4.69) is 10.3 Å². The van der Waals surface area contributed by atoms with Crippen LogP contribution in [0.25, 0.3) is 0 Å². The molecule has 19 heavy (non-hydrogen) atoms. The van der Waals surface area contributed by atoms with Crippen molar-refractivity contribution >= 4 is 5.82 Å². The van der Waals surface area contributed by atoms with Crippen molar-refractivity contribution in [1.82, 2.24) is 9.55 Å². The average Bonchev–Trinajstić information content (AvgIpc) is 3.24. The van der Waals surface area contributed by atoms with E-state index in [0.717, 1.165) is 18.4 Å². The lowest BCUT2D eigenvalue weighted by molar-refractivity contribution is 0.469. The van der Waals surface area contributed by atoms with Crippen LogP contribution >= 0.6 is 0 Å². The molecule has 1 heterocycles. The molecule has 1 aliphatic carbocycles. The smallest absolute Gasteiger partial charge is 0.293 e. The van der Waals surface area contributed by atoms with E-state index < -0.39 is 0 Å². The first kappa shape index (κ1) is 11.8. The number of aromatic nitrogens is 2. The molecule has 0 spiro atoms. The summed E-state index contributed by atoms with van der Waals surface area (Å²) in [4.78, 5) is 16.2. The minimum absolute atomic E-state index is 0.0968. The van der Waals surface area contributed by atoms with E-state index in [-0.39, 0.29) is 11.3 Å². The summed E-state index contributed by atoms with van der Waals surface area (Å²) in [6.07, 6.45) is 5.48. The quantitative estimate of drug-likeness (QED) is 0.877. The Labute approximate surface area is 110 Å². The molecule has 1 saturated carbocycles. The third kappa shape index (κ3) is 2.45. The third-order valence-corrected chi connectivity index (χ3v) is 3.25. The molecule has 0 radical (unpaired) electrons. The molecule has 1 fully saturated rings. The van der Waals surface area contributed by atoms with Gasteiger partial charge in [0.05, 0.1) is 0 Å². The van der Waals surface area contributed by atoms with Crippen molar-refractivity contribution in [2.45, 2.75) is 25.4 Å². The number of para-hydroxylation sites is 1. The molecule has 0 unspecified atom stereocenters. The van der Waals surface area contributed by atoms with E-state index in [9.17, 15) is 9.90 Å². The van der Waals surface area contributed by atoms with Crippen LogP contribution in [0.1, 0.15) is 24.4 Å². The number of hydrogen-bond donors (Lipinski definition) is 2. The first-order chi connectivity index (χ1) is 9.25. The molecule has 1 aliphatic rings. The van der Waals surface area contributed by atoms with Gasteiger partial charge in [0.15, 0.2) is 5.82 Å². The lowest BCUT2D eigenvalue weighted by Crippen LogP contribution is -2.23. The van der Waals surface area contributed by atoms with Gasteiger partial charge in [-0.3, -0.25) is 4.79 Å². The first-order valence-electron chi connectivity index (χ1n) is 6.33. The number of phenolic OH excluding ortho intramolecular Hbond substituents is 1. The lowest BCUT2D eigenvalue weighted by Gasteiger charge is -2.09. The van der Waals surface area contributed by atoms with Crippen LogP contribution in [-0.2, 0) is 6.54 Å². The molecule has 0 saturated heterocycles. The van der Waals surface area contributed by atoms with Gasteiger partial charge in [-0.1, -0.05) is 18.2 Å². The number of hydrogen-bond acceptors (Lipinski definition) is 4. The minimum atomic E-state index is -0.0968. The Hall–Kier alpha value is -2.30. The highest BCUT2D eigenvalue weighted by Gasteiger charge is 2.25. The summed E-state index contributed by atoms with van der Waals surface area (Å²) < 4.78 is 1.72. The Morgan fingerprint density at radius 1 is 1.37 bits per heavy atom. The highest BCUT2D eigenvalue weighted by atomic mass is 16.3. The van der Waals surface area contributed by atoms with Crippen LogP contribution in [0.4, 0.5) is 5.82 Å². The van der Waals surface area contributed by atoms with Crippen LogP contribution in [0.15, 0.2) is 41.5 Å². The van der Waals surface area contributed by atoms with Crippen molar-refractivity contribution < 1.29 is 5.11 Å². The molecule has 1 aromatic heterocycles. The molecule has 0 bridgehead atoms. The Morgan fingerprint density at radius 2 is 2.16 bits per heavy atom. The summed E-state index contributed by atoms with van der Waals surface area (Å²) in [6.45, 7) is 0.379. The molecular weight excluding hydrogens is 242 g/mol. The average molecular weight is 257 g/mol. The first-order valence-corrected chi connectivity index (χ1v) is 6.33. The Balaban J connectivity index is 1.79. The van der Waals surface area contributed by atoms with Gasteiger partial charge in [-0.15, -0.1) is 0 Å². The molecule has 2 N–H and O–H groups in total. The largest absolute Gasteiger partial charge is 0.508 e. The second-order valence-corrected chi connectivity index (χ2v) is 4.70. The highest BCUT2D eigenvalue weighted by Crippen LogP contribution is 2.33. The summed E-state index contributed by atoms with van der Waals surface area (Å²) in [5, 5.41) is 12.7. The standard InChI is InChI=1S/C14H15N3O2/c18-12-4-2-1-3-10(12)9-16-13-14(19)17(8-7-15-13)11-5-6-11/h1-4,7-8,11,18H,5-6,9H2,(H,15,16). The van der Waals surface area contributed by atoms with Gasteiger partial charge in [-0.25, -0.2) is 4.98 Å². The molecule has 0 aliphatic heterocycles. The van der Waals surface area contributed by atoms with Crippen LogP contribution in [0.3, 0.4) is 0 Å². The molecule has 3 rings (SSSR count). The number of rotatable bonds is 4. The fourth-order valence-electron chi connectivity index (χ4n) is 2.03. The van der Waals surface area contributed by atoms with Crippen molar-refractivity contribution in [3.8, 4) is 5.75 Å². The zero-order valence-corrected chi connectivity index (χ0v) is 10.4. The summed E-state index contributed by atoms with van der Waals surface area (Å²) in [5.41, 5.74) is 0.644. The predicted molar refractivity (Wildman–Crippen MR) is 72.2 cm³/mol. The van der Waals surface area contributed by atoms with E-state index in [1.54, 1.807) is 29.1 Å². The van der Waals surface area contributed by atoms with Gasteiger partial charge < -0.3 is 15.0 Å². The Bertz CT molecular complexity index is 647. The summed E-state index contributed by atoms with van der Waals surface area (Å²) in [7, 11) is 0. The number of anilines is 1. The van der Waals surface area contributed by atoms with E-state index in [0.29, 0.717) is 18.4 Å². The molecule has 2 aromatic rings. The van der Waals surface area contributed by atoms with Gasteiger partial charge in [0, 0.05) is 30.5 Å². The molecule has 5 nitrogen and oxygen atoms in total. The van der Waals surface area contributed by atoms with Crippen molar-refractivity contribution in [3.63, 3.8) is 0 Å². The second-order valence-electron chi connectivity index (χ2n) is 4.70. The van der Waals surface area contributed by atoms with Crippen molar-refractivity contribution in [2.24, 2.45) is 0 Å². The zero-order valence-electron chi connectivity index (χ0n) is 10.4. The van der Waals surface area contributed by atoms with Crippen LogP contribution < -0.4 is 10.9 Å². The number of benzene rings is 1. The van der Waals surface area contributed by atoms with Gasteiger partial charge in [0.25, 0.3) is 5.56 Å².